The zero-order chi connectivity index (χ0) is 19.1. The number of fused-ring (bicyclic) bond motifs is 1. The van der Waals surface area contributed by atoms with Gasteiger partial charge in [0.25, 0.3) is 0 Å². The quantitative estimate of drug-likeness (QED) is 0.673. The van der Waals surface area contributed by atoms with E-state index in [9.17, 15) is 8.42 Å². The highest BCUT2D eigenvalue weighted by Gasteiger charge is 2.29. The Morgan fingerprint density at radius 2 is 1.59 bits per heavy atom. The highest BCUT2D eigenvalue weighted by atomic mass is 32.2. The van der Waals surface area contributed by atoms with Crippen molar-refractivity contribution in [2.24, 2.45) is 0 Å². The van der Waals surface area contributed by atoms with Gasteiger partial charge in [-0.25, -0.2) is 8.42 Å². The number of nitrogens with zero attached hydrogens (tertiary/aromatic N) is 1. The molecule has 1 aliphatic heterocycles. The molecule has 136 valence electrons. The Hall–Kier alpha value is -2.92. The van der Waals surface area contributed by atoms with Crippen LogP contribution in [0.3, 0.4) is 0 Å². The summed E-state index contributed by atoms with van der Waals surface area (Å²) in [5, 5.41) is 0. The first kappa shape index (κ1) is 17.5. The fourth-order valence-electron chi connectivity index (χ4n) is 3.22. The minimum Gasteiger partial charge on any atom is -0.483 e. The van der Waals surface area contributed by atoms with Crippen molar-refractivity contribution in [2.75, 3.05) is 0 Å². The van der Waals surface area contributed by atoms with E-state index in [0.29, 0.717) is 5.75 Å². The van der Waals surface area contributed by atoms with Crippen LogP contribution in [0.25, 0.3) is 5.57 Å². The number of hydrogen-bond acceptors (Lipinski definition) is 4. The van der Waals surface area contributed by atoms with Crippen molar-refractivity contribution in [1.82, 2.24) is 4.98 Å². The second-order valence-corrected chi connectivity index (χ2v) is 8.92. The minimum absolute atomic E-state index is 0.246. The van der Waals surface area contributed by atoms with Crippen LogP contribution in [-0.2, 0) is 9.84 Å². The maximum Gasteiger partial charge on any atom is 0.206 e. The summed E-state index contributed by atoms with van der Waals surface area (Å²) in [6.45, 7) is 3.96. The molecule has 0 N–H and O–H groups in total. The molecule has 1 aromatic heterocycles. The van der Waals surface area contributed by atoms with Gasteiger partial charge in [0.1, 0.15) is 11.4 Å². The molecule has 0 fully saturated rings. The Kier molecular flexibility index (Phi) is 4.12. The first-order valence-corrected chi connectivity index (χ1v) is 10.1. The zero-order valence-electron chi connectivity index (χ0n) is 15.1. The molecule has 0 aliphatic carbocycles. The van der Waals surface area contributed by atoms with E-state index in [2.05, 4.69) is 4.98 Å². The third-order valence-corrected chi connectivity index (χ3v) is 6.23. The van der Waals surface area contributed by atoms with Gasteiger partial charge in [-0.15, -0.1) is 0 Å². The molecule has 2 heterocycles. The summed E-state index contributed by atoms with van der Waals surface area (Å²) >= 11 is 0. The lowest BCUT2D eigenvalue weighted by Crippen LogP contribution is -2.29. The number of rotatable bonds is 3. The second-order valence-electron chi connectivity index (χ2n) is 6.97. The summed E-state index contributed by atoms with van der Waals surface area (Å²) in [6, 6.07) is 17.3. The molecule has 0 bridgehead atoms. The lowest BCUT2D eigenvalue weighted by atomic mass is 9.90. The maximum absolute atomic E-state index is 13.0. The van der Waals surface area contributed by atoms with Crippen LogP contribution < -0.4 is 4.74 Å². The van der Waals surface area contributed by atoms with Crippen LogP contribution >= 0.6 is 0 Å². The van der Waals surface area contributed by atoms with E-state index in [-0.39, 0.29) is 9.79 Å². The van der Waals surface area contributed by atoms with Gasteiger partial charge >= 0.3 is 0 Å². The summed E-state index contributed by atoms with van der Waals surface area (Å²) in [4.78, 5) is 4.60. The van der Waals surface area contributed by atoms with Crippen molar-refractivity contribution in [3.8, 4) is 5.75 Å². The lowest BCUT2D eigenvalue weighted by Gasteiger charge is -2.31. The monoisotopic (exact) mass is 377 g/mol. The van der Waals surface area contributed by atoms with E-state index < -0.39 is 15.4 Å². The third-order valence-electron chi connectivity index (χ3n) is 4.46. The largest absolute Gasteiger partial charge is 0.483 e. The first-order chi connectivity index (χ1) is 12.9. The number of aromatic nitrogens is 1. The first-order valence-electron chi connectivity index (χ1n) is 8.64. The average molecular weight is 377 g/mol. The standard InChI is InChI=1S/C22H19NO3S/c1-22(2)15-20(16-10-12-23-13-11-16)19-14-18(8-9-21(19)26-22)27(24,25)17-6-4-3-5-7-17/h3-15H,1-2H3. The van der Waals surface area contributed by atoms with Gasteiger partial charge in [-0.05, 0) is 73.5 Å². The van der Waals surface area contributed by atoms with E-state index in [1.807, 2.05) is 32.1 Å². The van der Waals surface area contributed by atoms with Crippen LogP contribution in [0.2, 0.25) is 0 Å². The van der Waals surface area contributed by atoms with Crippen molar-refractivity contribution >= 4 is 15.4 Å². The van der Waals surface area contributed by atoms with Crippen LogP contribution in [0.4, 0.5) is 0 Å². The predicted octanol–water partition coefficient (Wildman–Crippen LogP) is 4.52. The molecule has 0 unspecified atom stereocenters. The van der Waals surface area contributed by atoms with E-state index in [1.54, 1.807) is 60.9 Å². The Labute approximate surface area is 159 Å². The summed E-state index contributed by atoms with van der Waals surface area (Å²) < 4.78 is 32.1. The number of benzene rings is 2. The van der Waals surface area contributed by atoms with E-state index >= 15 is 0 Å². The smallest absolute Gasteiger partial charge is 0.206 e. The van der Waals surface area contributed by atoms with Crippen LogP contribution in [0.5, 0.6) is 5.75 Å². The van der Waals surface area contributed by atoms with Crippen LogP contribution in [0, 0.1) is 0 Å². The highest BCUT2D eigenvalue weighted by molar-refractivity contribution is 7.91. The lowest BCUT2D eigenvalue weighted by molar-refractivity contribution is 0.158. The normalized spacial score (nSPS) is 15.4. The van der Waals surface area contributed by atoms with Crippen molar-refractivity contribution in [3.05, 3.63) is 90.3 Å². The molecule has 2 aromatic carbocycles. The molecule has 0 spiro atoms. The molecular weight excluding hydrogens is 358 g/mol. The molecule has 0 atom stereocenters. The minimum atomic E-state index is -3.60. The molecular formula is C22H19NO3S. The second kappa shape index (κ2) is 6.35. The van der Waals surface area contributed by atoms with E-state index in [4.69, 9.17) is 4.74 Å². The van der Waals surface area contributed by atoms with Gasteiger partial charge in [0.15, 0.2) is 0 Å². The predicted molar refractivity (Wildman–Crippen MR) is 104 cm³/mol. The molecule has 5 heteroatoms. The number of hydrogen-bond donors (Lipinski definition) is 0. The molecule has 0 amide bonds. The number of sulfone groups is 1. The summed E-state index contributed by atoms with van der Waals surface area (Å²) in [6.07, 6.45) is 5.47. The highest BCUT2D eigenvalue weighted by Crippen LogP contribution is 2.40. The summed E-state index contributed by atoms with van der Waals surface area (Å²) in [7, 11) is -3.60. The molecule has 0 saturated carbocycles. The Morgan fingerprint density at radius 3 is 2.30 bits per heavy atom. The molecule has 4 rings (SSSR count). The average Bonchev–Trinajstić information content (AvgIpc) is 2.67. The zero-order valence-corrected chi connectivity index (χ0v) is 15.9. The molecule has 1 aliphatic rings. The maximum atomic E-state index is 13.0. The Balaban J connectivity index is 1.89. The van der Waals surface area contributed by atoms with Crippen molar-refractivity contribution in [1.29, 1.82) is 0 Å². The Morgan fingerprint density at radius 1 is 0.889 bits per heavy atom. The van der Waals surface area contributed by atoms with Gasteiger partial charge in [0.2, 0.25) is 9.84 Å². The fraction of sp³-hybridized carbons (Fsp3) is 0.136. The van der Waals surface area contributed by atoms with E-state index in [1.165, 1.54) is 0 Å². The number of ether oxygens (including phenoxy) is 1. The summed E-state index contributed by atoms with van der Waals surface area (Å²) in [5.74, 6) is 0.668. The van der Waals surface area contributed by atoms with Crippen molar-refractivity contribution in [3.63, 3.8) is 0 Å². The SMILES string of the molecule is CC1(C)C=C(c2ccncc2)c2cc(S(=O)(=O)c3ccccc3)ccc2O1. The molecule has 4 nitrogen and oxygen atoms in total. The van der Waals surface area contributed by atoms with Gasteiger partial charge in [-0.3, -0.25) is 4.98 Å². The van der Waals surface area contributed by atoms with Crippen molar-refractivity contribution < 1.29 is 13.2 Å². The van der Waals surface area contributed by atoms with Gasteiger partial charge in [-0.1, -0.05) is 18.2 Å². The van der Waals surface area contributed by atoms with Crippen LogP contribution in [-0.4, -0.2) is 19.0 Å². The molecule has 0 radical (unpaired) electrons. The van der Waals surface area contributed by atoms with Crippen molar-refractivity contribution in [2.45, 2.75) is 29.2 Å². The number of pyridine rings is 1. The van der Waals surface area contributed by atoms with Crippen LogP contribution in [0.15, 0.2) is 88.9 Å². The van der Waals surface area contributed by atoms with Crippen LogP contribution in [0.1, 0.15) is 25.0 Å². The molecule has 0 saturated heterocycles. The Bertz CT molecular complexity index is 1120. The molecule has 3 aromatic rings. The van der Waals surface area contributed by atoms with Gasteiger partial charge in [0.05, 0.1) is 9.79 Å². The summed E-state index contributed by atoms with van der Waals surface area (Å²) in [5.41, 5.74) is 2.17. The topological polar surface area (TPSA) is 56.3 Å². The van der Waals surface area contributed by atoms with Gasteiger partial charge in [-0.2, -0.15) is 0 Å². The fourth-order valence-corrected chi connectivity index (χ4v) is 4.53. The third kappa shape index (κ3) is 3.26. The van der Waals surface area contributed by atoms with Gasteiger partial charge in [0, 0.05) is 18.0 Å². The van der Waals surface area contributed by atoms with Gasteiger partial charge < -0.3 is 4.74 Å². The molecule has 27 heavy (non-hydrogen) atoms. The van der Waals surface area contributed by atoms with E-state index in [0.717, 1.165) is 16.7 Å².